The van der Waals surface area contributed by atoms with Crippen LogP contribution < -0.4 is 0 Å². The first-order valence-electron chi connectivity index (χ1n) is 6.11. The van der Waals surface area contributed by atoms with Crippen molar-refractivity contribution in [2.45, 2.75) is 13.0 Å². The summed E-state index contributed by atoms with van der Waals surface area (Å²) in [7, 11) is 0. The third kappa shape index (κ3) is 3.88. The molecule has 2 rings (SSSR count). The first-order chi connectivity index (χ1) is 9.66. The molecule has 0 radical (unpaired) electrons. The Morgan fingerprint density at radius 1 is 0.800 bits per heavy atom. The van der Waals surface area contributed by atoms with E-state index in [1.54, 1.807) is 12.1 Å². The molecule has 0 aliphatic heterocycles. The monoisotopic (exact) mass is 278 g/mol. The largest absolute Gasteiger partial charge is 0.462 e. The number of rotatable bonds is 5. The Morgan fingerprint density at radius 3 is 2.05 bits per heavy atom. The summed E-state index contributed by atoms with van der Waals surface area (Å²) < 4.78 is 41.0. The second kappa shape index (κ2) is 6.80. The van der Waals surface area contributed by atoms with Gasteiger partial charge in [-0.05, 0) is 23.1 Å². The molecule has 0 atom stereocenters. The van der Waals surface area contributed by atoms with Gasteiger partial charge in [0, 0.05) is 0 Å². The van der Waals surface area contributed by atoms with Gasteiger partial charge < -0.3 is 4.74 Å². The van der Waals surface area contributed by atoms with E-state index in [2.05, 4.69) is 4.74 Å². The minimum atomic E-state index is -2.44. The van der Waals surface area contributed by atoms with E-state index >= 15 is 0 Å². The van der Waals surface area contributed by atoms with Crippen molar-refractivity contribution >= 4 is 0 Å². The summed E-state index contributed by atoms with van der Waals surface area (Å²) in [4.78, 5) is 0. The first kappa shape index (κ1) is 14.2. The molecule has 104 valence electrons. The lowest BCUT2D eigenvalue weighted by atomic mass is 10.0. The molecule has 20 heavy (non-hydrogen) atoms. The molecule has 4 heteroatoms. The van der Waals surface area contributed by atoms with Gasteiger partial charge in [-0.2, -0.15) is 13.2 Å². The molecule has 0 saturated heterocycles. The fraction of sp³-hybridized carbons (Fsp3) is 0.125. The van der Waals surface area contributed by atoms with Crippen LogP contribution in [0.1, 0.15) is 16.7 Å². The molecule has 0 fully saturated rings. The minimum absolute atomic E-state index is 0.216. The summed E-state index contributed by atoms with van der Waals surface area (Å²) in [6, 6.07) is 15.1. The van der Waals surface area contributed by atoms with E-state index < -0.39 is 12.1 Å². The van der Waals surface area contributed by atoms with Gasteiger partial charge in [-0.15, -0.1) is 0 Å². The summed E-state index contributed by atoms with van der Waals surface area (Å²) in [5, 5.41) is 0. The third-order valence-corrected chi connectivity index (χ3v) is 2.86. The number of benzene rings is 2. The molecule has 2 aromatic rings. The summed E-state index contributed by atoms with van der Waals surface area (Å²) >= 11 is 0. The van der Waals surface area contributed by atoms with E-state index in [9.17, 15) is 13.2 Å². The van der Waals surface area contributed by atoms with Crippen molar-refractivity contribution in [1.29, 1.82) is 0 Å². The Hall–Kier alpha value is -2.23. The van der Waals surface area contributed by atoms with E-state index in [0.717, 1.165) is 11.1 Å². The highest BCUT2D eigenvalue weighted by Crippen LogP contribution is 2.18. The molecule has 0 aromatic heterocycles. The zero-order chi connectivity index (χ0) is 14.4. The van der Waals surface area contributed by atoms with Crippen LogP contribution in [0, 0.1) is 0 Å². The first-order valence-corrected chi connectivity index (χ1v) is 6.11. The molecule has 0 N–H and O–H groups in total. The van der Waals surface area contributed by atoms with Gasteiger partial charge in [-0.1, -0.05) is 54.6 Å². The average Bonchev–Trinajstić information content (AvgIpc) is 2.47. The van der Waals surface area contributed by atoms with Crippen LogP contribution in [-0.2, 0) is 17.8 Å². The zero-order valence-corrected chi connectivity index (χ0v) is 10.7. The van der Waals surface area contributed by atoms with Crippen molar-refractivity contribution in [3.05, 3.63) is 83.4 Å². The highest BCUT2D eigenvalue weighted by Gasteiger charge is 2.08. The van der Waals surface area contributed by atoms with Gasteiger partial charge in [0.05, 0.1) is 0 Å². The van der Waals surface area contributed by atoms with Gasteiger partial charge in [-0.3, -0.25) is 0 Å². The fourth-order valence-corrected chi connectivity index (χ4v) is 1.88. The van der Waals surface area contributed by atoms with Gasteiger partial charge in [-0.25, -0.2) is 0 Å². The topological polar surface area (TPSA) is 9.23 Å². The molecule has 1 nitrogen and oxygen atoms in total. The lowest BCUT2D eigenvalue weighted by Crippen LogP contribution is -1.98. The molecule has 0 aliphatic rings. The van der Waals surface area contributed by atoms with Crippen LogP contribution in [0.3, 0.4) is 0 Å². The Morgan fingerprint density at radius 2 is 1.40 bits per heavy atom. The summed E-state index contributed by atoms with van der Waals surface area (Å²) in [5.74, 6) is 0. The summed E-state index contributed by atoms with van der Waals surface area (Å²) in [5.41, 5.74) is 2.70. The third-order valence-electron chi connectivity index (χ3n) is 2.86. The Bertz CT molecular complexity index is 590. The normalized spacial score (nSPS) is 10.2. The van der Waals surface area contributed by atoms with E-state index in [0.29, 0.717) is 12.0 Å². The lowest BCUT2D eigenvalue weighted by molar-refractivity contribution is 0.108. The van der Waals surface area contributed by atoms with Gasteiger partial charge in [0.25, 0.3) is 0 Å². The van der Waals surface area contributed by atoms with Crippen LogP contribution in [0.15, 0.2) is 66.7 Å². The predicted molar refractivity (Wildman–Crippen MR) is 70.8 cm³/mol. The second-order valence-corrected chi connectivity index (χ2v) is 4.25. The maximum absolute atomic E-state index is 12.7. The highest BCUT2D eigenvalue weighted by atomic mass is 19.3. The Labute approximate surface area is 115 Å². The van der Waals surface area contributed by atoms with Crippen LogP contribution in [0.4, 0.5) is 13.2 Å². The van der Waals surface area contributed by atoms with Gasteiger partial charge in [0.2, 0.25) is 0 Å². The van der Waals surface area contributed by atoms with E-state index in [1.807, 2.05) is 42.5 Å². The molecular formula is C16H13F3O. The average molecular weight is 278 g/mol. The minimum Gasteiger partial charge on any atom is -0.462 e. The number of halogens is 3. The van der Waals surface area contributed by atoms with Crippen molar-refractivity contribution in [2.24, 2.45) is 0 Å². The molecule has 0 heterocycles. The maximum Gasteiger partial charge on any atom is 0.342 e. The number of hydrogen-bond donors (Lipinski definition) is 0. The van der Waals surface area contributed by atoms with Crippen molar-refractivity contribution in [2.75, 3.05) is 0 Å². The van der Waals surface area contributed by atoms with Gasteiger partial charge in [0.15, 0.2) is 0 Å². The fourth-order valence-electron chi connectivity index (χ4n) is 1.88. The molecular weight excluding hydrogens is 265 g/mol. The summed E-state index contributed by atoms with van der Waals surface area (Å²) in [6.07, 6.45) is -1.80. The predicted octanol–water partition coefficient (Wildman–Crippen LogP) is 4.83. The Kier molecular flexibility index (Phi) is 4.82. The van der Waals surface area contributed by atoms with Gasteiger partial charge >= 0.3 is 12.1 Å². The van der Waals surface area contributed by atoms with Gasteiger partial charge in [0.1, 0.15) is 6.61 Å². The lowest BCUT2D eigenvalue weighted by Gasteiger charge is -2.10. The smallest absolute Gasteiger partial charge is 0.342 e. The Balaban J connectivity index is 2.12. The van der Waals surface area contributed by atoms with Crippen LogP contribution in [-0.4, -0.2) is 0 Å². The van der Waals surface area contributed by atoms with Crippen LogP contribution in [0.2, 0.25) is 0 Å². The molecule has 0 saturated carbocycles. The molecule has 0 amide bonds. The quantitative estimate of drug-likeness (QED) is 0.712. The molecule has 0 aliphatic carbocycles. The maximum atomic E-state index is 12.7. The van der Waals surface area contributed by atoms with E-state index in [-0.39, 0.29) is 6.61 Å². The van der Waals surface area contributed by atoms with Crippen molar-refractivity contribution < 1.29 is 17.9 Å². The molecule has 2 aromatic carbocycles. The van der Waals surface area contributed by atoms with Crippen LogP contribution >= 0.6 is 0 Å². The molecule has 0 bridgehead atoms. The van der Waals surface area contributed by atoms with E-state index in [4.69, 9.17) is 0 Å². The second-order valence-electron chi connectivity index (χ2n) is 4.25. The van der Waals surface area contributed by atoms with E-state index in [1.165, 1.54) is 0 Å². The standard InChI is InChI=1S/C16H13F3O/c17-15(18)16(19)20-11-14-9-5-4-8-13(14)10-12-6-2-1-3-7-12/h1-9H,10-11H2. The number of hydrogen-bond acceptors (Lipinski definition) is 1. The molecule has 0 spiro atoms. The van der Waals surface area contributed by atoms with Crippen LogP contribution in [0.5, 0.6) is 0 Å². The molecule has 0 unspecified atom stereocenters. The number of ether oxygens (including phenoxy) is 1. The highest BCUT2D eigenvalue weighted by molar-refractivity contribution is 5.32. The zero-order valence-electron chi connectivity index (χ0n) is 10.7. The SMILES string of the molecule is FC(F)=C(F)OCc1ccccc1Cc1ccccc1. The van der Waals surface area contributed by atoms with Crippen molar-refractivity contribution in [3.8, 4) is 0 Å². The summed E-state index contributed by atoms with van der Waals surface area (Å²) in [6.45, 7) is -0.216. The van der Waals surface area contributed by atoms with Crippen LogP contribution in [0.25, 0.3) is 0 Å². The van der Waals surface area contributed by atoms with Crippen molar-refractivity contribution in [3.63, 3.8) is 0 Å². The van der Waals surface area contributed by atoms with Crippen molar-refractivity contribution in [1.82, 2.24) is 0 Å².